The number of hydrogen-bond donors (Lipinski definition) is 2. The molecule has 29 heavy (non-hydrogen) atoms. The third-order valence-electron chi connectivity index (χ3n) is 5.00. The zero-order valence-electron chi connectivity index (χ0n) is 18.3. The molecule has 0 spiro atoms. The third-order valence-corrected chi connectivity index (χ3v) is 5.00. The van der Waals surface area contributed by atoms with E-state index in [1.165, 1.54) is 11.1 Å². The van der Waals surface area contributed by atoms with E-state index >= 15 is 0 Å². The van der Waals surface area contributed by atoms with Crippen molar-refractivity contribution in [2.75, 3.05) is 60.7 Å². The quantitative estimate of drug-likeness (QED) is 0.314. The topological polar surface area (TPSA) is 67.4 Å². The molecule has 1 heterocycles. The number of methoxy groups -OCH3 is 1. The molecule has 0 radical (unpaired) electrons. The van der Waals surface area contributed by atoms with Crippen LogP contribution in [0.15, 0.2) is 29.3 Å². The van der Waals surface area contributed by atoms with Crippen LogP contribution in [0.5, 0.6) is 0 Å². The molecule has 1 aliphatic heterocycles. The maximum atomic E-state index is 6.03. The SMILES string of the molecule is CN=C(NCCN(C)CCCOC)NCc1cccc(COC2CCOCC2)c1. The Labute approximate surface area is 175 Å². The highest BCUT2D eigenvalue weighted by Gasteiger charge is 2.14. The fraction of sp³-hybridized carbons (Fsp3) is 0.682. The summed E-state index contributed by atoms with van der Waals surface area (Å²) in [6.07, 6.45) is 3.35. The second-order valence-electron chi connectivity index (χ2n) is 7.44. The number of rotatable bonds is 12. The van der Waals surface area contributed by atoms with Gasteiger partial charge in [-0.15, -0.1) is 0 Å². The first kappa shape index (κ1) is 23.6. The first-order valence-electron chi connectivity index (χ1n) is 10.6. The molecule has 0 aromatic heterocycles. The van der Waals surface area contributed by atoms with Gasteiger partial charge in [-0.25, -0.2) is 0 Å². The van der Waals surface area contributed by atoms with E-state index in [0.717, 1.165) is 71.2 Å². The lowest BCUT2D eigenvalue weighted by Crippen LogP contribution is -2.40. The number of likely N-dealkylation sites (N-methyl/N-ethyl adjacent to an activating group) is 1. The van der Waals surface area contributed by atoms with Crippen molar-refractivity contribution in [3.05, 3.63) is 35.4 Å². The molecule has 1 aromatic rings. The van der Waals surface area contributed by atoms with E-state index in [0.29, 0.717) is 12.7 Å². The summed E-state index contributed by atoms with van der Waals surface area (Å²) in [6.45, 7) is 6.65. The van der Waals surface area contributed by atoms with Crippen LogP contribution in [0.3, 0.4) is 0 Å². The third kappa shape index (κ3) is 10.1. The van der Waals surface area contributed by atoms with Crippen molar-refractivity contribution < 1.29 is 14.2 Å². The van der Waals surface area contributed by atoms with Gasteiger partial charge >= 0.3 is 0 Å². The Morgan fingerprint density at radius 3 is 2.76 bits per heavy atom. The Bertz CT molecular complexity index is 591. The average molecular weight is 407 g/mol. The van der Waals surface area contributed by atoms with Crippen molar-refractivity contribution in [3.8, 4) is 0 Å². The number of ether oxygens (including phenoxy) is 3. The molecule has 2 rings (SSSR count). The predicted octanol–water partition coefficient (Wildman–Crippen LogP) is 2.02. The minimum absolute atomic E-state index is 0.321. The summed E-state index contributed by atoms with van der Waals surface area (Å²) in [6, 6.07) is 8.53. The fourth-order valence-electron chi connectivity index (χ4n) is 3.25. The number of aliphatic imine (C=N–C) groups is 1. The zero-order valence-corrected chi connectivity index (χ0v) is 18.3. The number of guanidine groups is 1. The van der Waals surface area contributed by atoms with Gasteiger partial charge in [0.1, 0.15) is 0 Å². The molecular formula is C22H38N4O3. The van der Waals surface area contributed by atoms with Gasteiger partial charge in [0.2, 0.25) is 0 Å². The van der Waals surface area contributed by atoms with Crippen molar-refractivity contribution in [3.63, 3.8) is 0 Å². The maximum Gasteiger partial charge on any atom is 0.191 e. The van der Waals surface area contributed by atoms with Gasteiger partial charge in [-0.05, 0) is 37.4 Å². The second kappa shape index (κ2) is 14.3. The average Bonchev–Trinajstić information content (AvgIpc) is 2.76. The van der Waals surface area contributed by atoms with E-state index in [9.17, 15) is 0 Å². The molecule has 0 unspecified atom stereocenters. The van der Waals surface area contributed by atoms with E-state index in [-0.39, 0.29) is 0 Å². The van der Waals surface area contributed by atoms with Crippen LogP contribution >= 0.6 is 0 Å². The summed E-state index contributed by atoms with van der Waals surface area (Å²) >= 11 is 0. The van der Waals surface area contributed by atoms with Crippen molar-refractivity contribution >= 4 is 5.96 Å². The Hall–Kier alpha value is -1.67. The number of hydrogen-bond acceptors (Lipinski definition) is 5. The maximum absolute atomic E-state index is 6.03. The number of benzene rings is 1. The smallest absolute Gasteiger partial charge is 0.191 e. The molecule has 1 aromatic carbocycles. The van der Waals surface area contributed by atoms with Gasteiger partial charge in [-0.2, -0.15) is 0 Å². The number of nitrogens with one attached hydrogen (secondary N) is 2. The van der Waals surface area contributed by atoms with Crippen LogP contribution in [-0.2, 0) is 27.4 Å². The fourth-order valence-corrected chi connectivity index (χ4v) is 3.25. The van der Waals surface area contributed by atoms with E-state index in [1.54, 1.807) is 14.2 Å². The van der Waals surface area contributed by atoms with E-state index in [4.69, 9.17) is 14.2 Å². The summed E-state index contributed by atoms with van der Waals surface area (Å²) in [7, 11) is 5.67. The molecule has 2 N–H and O–H groups in total. The molecule has 7 heteroatoms. The molecule has 0 aliphatic carbocycles. The van der Waals surface area contributed by atoms with Crippen LogP contribution in [0.25, 0.3) is 0 Å². The van der Waals surface area contributed by atoms with E-state index < -0.39 is 0 Å². The van der Waals surface area contributed by atoms with Gasteiger partial charge in [0.15, 0.2) is 5.96 Å². The molecule has 164 valence electrons. The Morgan fingerprint density at radius 1 is 1.21 bits per heavy atom. The molecule has 0 amide bonds. The summed E-state index contributed by atoms with van der Waals surface area (Å²) in [5.41, 5.74) is 2.43. The van der Waals surface area contributed by atoms with Gasteiger partial charge in [0, 0.05) is 60.2 Å². The Morgan fingerprint density at radius 2 is 2.00 bits per heavy atom. The highest BCUT2D eigenvalue weighted by atomic mass is 16.5. The molecule has 0 saturated carbocycles. The predicted molar refractivity (Wildman–Crippen MR) is 117 cm³/mol. The Balaban J connectivity index is 1.67. The molecule has 1 fully saturated rings. The van der Waals surface area contributed by atoms with Crippen LogP contribution < -0.4 is 10.6 Å². The monoisotopic (exact) mass is 406 g/mol. The van der Waals surface area contributed by atoms with Gasteiger partial charge in [0.25, 0.3) is 0 Å². The zero-order chi connectivity index (χ0) is 20.7. The number of nitrogens with zero attached hydrogens (tertiary/aromatic N) is 2. The van der Waals surface area contributed by atoms with Crippen LogP contribution in [0, 0.1) is 0 Å². The normalized spacial score (nSPS) is 15.7. The summed E-state index contributed by atoms with van der Waals surface area (Å²) in [5, 5.41) is 6.76. The van der Waals surface area contributed by atoms with Crippen LogP contribution in [0.1, 0.15) is 30.4 Å². The van der Waals surface area contributed by atoms with Crippen molar-refractivity contribution in [1.82, 2.24) is 15.5 Å². The van der Waals surface area contributed by atoms with E-state index in [2.05, 4.69) is 51.8 Å². The van der Waals surface area contributed by atoms with Crippen LogP contribution in [-0.4, -0.2) is 77.6 Å². The highest BCUT2D eigenvalue weighted by molar-refractivity contribution is 5.79. The summed E-state index contributed by atoms with van der Waals surface area (Å²) in [5.74, 6) is 0.819. The standard InChI is InChI=1S/C22H38N4O3/c1-23-22(24-10-12-26(2)11-5-13-27-3)25-17-19-6-4-7-20(16-19)18-29-21-8-14-28-15-9-21/h4,6-7,16,21H,5,8-15,17-18H2,1-3H3,(H2,23,24,25). The summed E-state index contributed by atoms with van der Waals surface area (Å²) < 4.78 is 16.5. The van der Waals surface area contributed by atoms with Crippen LogP contribution in [0.4, 0.5) is 0 Å². The van der Waals surface area contributed by atoms with Gasteiger partial charge in [0.05, 0.1) is 12.7 Å². The lowest BCUT2D eigenvalue weighted by Gasteiger charge is -2.22. The van der Waals surface area contributed by atoms with Crippen molar-refractivity contribution in [1.29, 1.82) is 0 Å². The molecule has 0 bridgehead atoms. The minimum atomic E-state index is 0.321. The van der Waals surface area contributed by atoms with Crippen molar-refractivity contribution in [2.24, 2.45) is 4.99 Å². The molecule has 7 nitrogen and oxygen atoms in total. The second-order valence-corrected chi connectivity index (χ2v) is 7.44. The first-order valence-corrected chi connectivity index (χ1v) is 10.6. The van der Waals surface area contributed by atoms with Crippen molar-refractivity contribution in [2.45, 2.75) is 38.5 Å². The molecule has 1 saturated heterocycles. The highest BCUT2D eigenvalue weighted by Crippen LogP contribution is 2.14. The van der Waals surface area contributed by atoms with Gasteiger partial charge in [-0.1, -0.05) is 24.3 Å². The van der Waals surface area contributed by atoms with E-state index in [1.807, 2.05) is 0 Å². The minimum Gasteiger partial charge on any atom is -0.385 e. The summed E-state index contributed by atoms with van der Waals surface area (Å²) in [4.78, 5) is 6.61. The molecule has 0 atom stereocenters. The first-order chi connectivity index (χ1) is 14.2. The van der Waals surface area contributed by atoms with Gasteiger partial charge < -0.3 is 29.7 Å². The molecule has 1 aliphatic rings. The lowest BCUT2D eigenvalue weighted by atomic mass is 10.1. The van der Waals surface area contributed by atoms with Crippen LogP contribution in [0.2, 0.25) is 0 Å². The lowest BCUT2D eigenvalue weighted by molar-refractivity contribution is -0.0390. The van der Waals surface area contributed by atoms with Gasteiger partial charge in [-0.3, -0.25) is 4.99 Å². The largest absolute Gasteiger partial charge is 0.385 e. The Kier molecular flexibility index (Phi) is 11.7. The molecular weight excluding hydrogens is 368 g/mol.